The molecule has 7 aromatic rings. The van der Waals surface area contributed by atoms with Gasteiger partial charge in [0.15, 0.2) is 5.82 Å². The van der Waals surface area contributed by atoms with Crippen LogP contribution < -0.4 is 0 Å². The highest BCUT2D eigenvalue weighted by molar-refractivity contribution is 6.28. The van der Waals surface area contributed by atoms with Crippen molar-refractivity contribution in [2.24, 2.45) is 0 Å². The topological polar surface area (TPSA) is 25.8 Å². The first kappa shape index (κ1) is 20.5. The van der Waals surface area contributed by atoms with Gasteiger partial charge in [-0.1, -0.05) is 121 Å². The van der Waals surface area contributed by atoms with Crippen molar-refractivity contribution >= 4 is 32.3 Å². The molecule has 2 nitrogen and oxygen atoms in total. The molecule has 0 N–H and O–H groups in total. The predicted molar refractivity (Wildman–Crippen MR) is 151 cm³/mol. The summed E-state index contributed by atoms with van der Waals surface area (Å²) in [5, 5.41) is 7.75. The van der Waals surface area contributed by atoms with Crippen molar-refractivity contribution in [2.75, 3.05) is 0 Å². The highest BCUT2D eigenvalue weighted by Gasteiger charge is 2.13. The van der Waals surface area contributed by atoms with E-state index in [0.717, 1.165) is 22.6 Å². The van der Waals surface area contributed by atoms with E-state index >= 15 is 0 Å². The van der Waals surface area contributed by atoms with E-state index < -0.39 is 0 Å². The standard InChI is InChI=1S/C34H22N2/c1-2-9-25(10-3-1)34-35-22-21-32(36-34)24-19-17-23(18-20-24)26-15-8-16-31-29-12-5-4-11-27(29)28-13-6-7-14-30(28)33(26)31/h1-22H. The second-order valence-electron chi connectivity index (χ2n) is 9.03. The number of hydrogen-bond donors (Lipinski definition) is 0. The van der Waals surface area contributed by atoms with Crippen LogP contribution in [0.3, 0.4) is 0 Å². The Morgan fingerprint density at radius 3 is 1.64 bits per heavy atom. The van der Waals surface area contributed by atoms with E-state index in [0.29, 0.717) is 0 Å². The SMILES string of the molecule is c1ccc(-c2nccc(-c3ccc(-c4cccc5c6ccccc6c6ccccc6c45)cc3)n2)cc1. The number of benzene rings is 6. The van der Waals surface area contributed by atoms with Gasteiger partial charge < -0.3 is 0 Å². The highest BCUT2D eigenvalue weighted by Crippen LogP contribution is 2.40. The first-order valence-corrected chi connectivity index (χ1v) is 12.2. The fraction of sp³-hybridized carbons (Fsp3) is 0. The quantitative estimate of drug-likeness (QED) is 0.247. The van der Waals surface area contributed by atoms with Crippen molar-refractivity contribution in [1.82, 2.24) is 9.97 Å². The molecule has 0 radical (unpaired) electrons. The van der Waals surface area contributed by atoms with Crippen LogP contribution in [0, 0.1) is 0 Å². The third-order valence-corrected chi connectivity index (χ3v) is 6.95. The van der Waals surface area contributed by atoms with Crippen molar-refractivity contribution in [2.45, 2.75) is 0 Å². The molecular weight excluding hydrogens is 436 g/mol. The average molecular weight is 459 g/mol. The second kappa shape index (κ2) is 8.44. The summed E-state index contributed by atoms with van der Waals surface area (Å²) in [4.78, 5) is 9.31. The van der Waals surface area contributed by atoms with Crippen molar-refractivity contribution < 1.29 is 0 Å². The van der Waals surface area contributed by atoms with E-state index in [1.165, 1.54) is 43.4 Å². The summed E-state index contributed by atoms with van der Waals surface area (Å²) < 4.78 is 0. The average Bonchev–Trinajstić information content (AvgIpc) is 2.98. The zero-order valence-corrected chi connectivity index (χ0v) is 19.6. The summed E-state index contributed by atoms with van der Waals surface area (Å²) in [5.74, 6) is 0.740. The lowest BCUT2D eigenvalue weighted by atomic mass is 9.89. The van der Waals surface area contributed by atoms with Crippen LogP contribution in [-0.4, -0.2) is 9.97 Å². The van der Waals surface area contributed by atoms with Crippen LogP contribution in [0.25, 0.3) is 66.1 Å². The summed E-state index contributed by atoms with van der Waals surface area (Å²) in [5.41, 5.74) is 5.46. The number of hydrogen-bond acceptors (Lipinski definition) is 2. The Balaban J connectivity index is 1.38. The number of aromatic nitrogens is 2. The van der Waals surface area contributed by atoms with Crippen molar-refractivity contribution in [3.8, 4) is 33.8 Å². The summed E-state index contributed by atoms with van der Waals surface area (Å²) in [7, 11) is 0. The van der Waals surface area contributed by atoms with Gasteiger partial charge in [0.25, 0.3) is 0 Å². The Bertz CT molecular complexity index is 1830. The Morgan fingerprint density at radius 1 is 0.389 bits per heavy atom. The molecule has 36 heavy (non-hydrogen) atoms. The molecule has 0 amide bonds. The minimum atomic E-state index is 0.740. The summed E-state index contributed by atoms with van der Waals surface area (Å²) in [6.07, 6.45) is 1.83. The maximum atomic E-state index is 4.83. The van der Waals surface area contributed by atoms with Gasteiger partial charge in [0.1, 0.15) is 0 Å². The number of nitrogens with zero attached hydrogens (tertiary/aromatic N) is 2. The van der Waals surface area contributed by atoms with Gasteiger partial charge in [0, 0.05) is 17.3 Å². The number of rotatable bonds is 3. The molecule has 0 fully saturated rings. The normalized spacial score (nSPS) is 11.3. The van der Waals surface area contributed by atoms with Crippen molar-refractivity contribution in [1.29, 1.82) is 0 Å². The number of fused-ring (bicyclic) bond motifs is 6. The molecule has 0 saturated carbocycles. The van der Waals surface area contributed by atoms with Crippen LogP contribution in [0.4, 0.5) is 0 Å². The zero-order chi connectivity index (χ0) is 23.9. The van der Waals surface area contributed by atoms with Gasteiger partial charge in [-0.2, -0.15) is 0 Å². The van der Waals surface area contributed by atoms with Gasteiger partial charge in [0.05, 0.1) is 5.69 Å². The Kier molecular flexibility index (Phi) is 4.82. The molecule has 1 aromatic heterocycles. The fourth-order valence-electron chi connectivity index (χ4n) is 5.26. The van der Waals surface area contributed by atoms with E-state index in [2.05, 4.69) is 96.0 Å². The molecule has 1 heterocycles. The smallest absolute Gasteiger partial charge is 0.159 e. The molecule has 0 spiro atoms. The van der Waals surface area contributed by atoms with Crippen LogP contribution in [0.1, 0.15) is 0 Å². The molecule has 0 aliphatic heterocycles. The Hall–Kier alpha value is -4.82. The molecule has 6 aromatic carbocycles. The molecule has 0 unspecified atom stereocenters. The molecule has 7 rings (SSSR count). The van der Waals surface area contributed by atoms with Crippen LogP contribution >= 0.6 is 0 Å². The van der Waals surface area contributed by atoms with Crippen LogP contribution in [0.2, 0.25) is 0 Å². The van der Waals surface area contributed by atoms with Gasteiger partial charge in [-0.3, -0.25) is 0 Å². The lowest BCUT2D eigenvalue weighted by molar-refractivity contribution is 1.18. The van der Waals surface area contributed by atoms with E-state index in [9.17, 15) is 0 Å². The molecule has 0 aliphatic rings. The fourth-order valence-corrected chi connectivity index (χ4v) is 5.26. The van der Waals surface area contributed by atoms with E-state index in [-0.39, 0.29) is 0 Å². The van der Waals surface area contributed by atoms with E-state index in [1.807, 2.05) is 42.6 Å². The third-order valence-electron chi connectivity index (χ3n) is 6.95. The van der Waals surface area contributed by atoms with Gasteiger partial charge >= 0.3 is 0 Å². The maximum Gasteiger partial charge on any atom is 0.159 e. The summed E-state index contributed by atoms with van der Waals surface area (Å²) >= 11 is 0. The monoisotopic (exact) mass is 458 g/mol. The van der Waals surface area contributed by atoms with Gasteiger partial charge in [0.2, 0.25) is 0 Å². The summed E-state index contributed by atoms with van der Waals surface area (Å²) in [6, 6.07) is 44.9. The molecule has 0 aliphatic carbocycles. The molecule has 2 heteroatoms. The lowest BCUT2D eigenvalue weighted by Gasteiger charge is -2.14. The minimum absolute atomic E-state index is 0.740. The van der Waals surface area contributed by atoms with Crippen LogP contribution in [0.15, 0.2) is 134 Å². The Morgan fingerprint density at radius 2 is 0.944 bits per heavy atom. The van der Waals surface area contributed by atoms with E-state index in [1.54, 1.807) is 0 Å². The minimum Gasteiger partial charge on any atom is -0.237 e. The maximum absolute atomic E-state index is 4.83. The van der Waals surface area contributed by atoms with Gasteiger partial charge in [-0.05, 0) is 49.5 Å². The molecule has 0 atom stereocenters. The van der Waals surface area contributed by atoms with Gasteiger partial charge in [-0.15, -0.1) is 0 Å². The van der Waals surface area contributed by atoms with Crippen molar-refractivity contribution in [3.05, 3.63) is 134 Å². The lowest BCUT2D eigenvalue weighted by Crippen LogP contribution is -1.91. The third kappa shape index (κ3) is 3.35. The largest absolute Gasteiger partial charge is 0.237 e. The van der Waals surface area contributed by atoms with Crippen LogP contribution in [0.5, 0.6) is 0 Å². The molecule has 0 bridgehead atoms. The Labute approximate surface area is 209 Å². The van der Waals surface area contributed by atoms with Crippen LogP contribution in [-0.2, 0) is 0 Å². The first-order chi connectivity index (χ1) is 17.9. The predicted octanol–water partition coefficient (Wildman–Crippen LogP) is 8.94. The molecule has 168 valence electrons. The zero-order valence-electron chi connectivity index (χ0n) is 19.6. The molecule has 0 saturated heterocycles. The highest BCUT2D eigenvalue weighted by atomic mass is 14.9. The second-order valence-corrected chi connectivity index (χ2v) is 9.03. The first-order valence-electron chi connectivity index (χ1n) is 12.2. The van der Waals surface area contributed by atoms with E-state index in [4.69, 9.17) is 4.98 Å². The molecular formula is C34H22N2. The summed E-state index contributed by atoms with van der Waals surface area (Å²) in [6.45, 7) is 0. The van der Waals surface area contributed by atoms with Gasteiger partial charge in [-0.25, -0.2) is 9.97 Å². The van der Waals surface area contributed by atoms with Crippen molar-refractivity contribution in [3.63, 3.8) is 0 Å².